The van der Waals surface area contributed by atoms with Crippen molar-refractivity contribution in [2.24, 2.45) is 0 Å². The Kier molecular flexibility index (Phi) is 6.11. The Morgan fingerprint density at radius 1 is 1.11 bits per heavy atom. The average molecular weight is 426 g/mol. The number of carbonyl (C=O) groups excluding carboxylic acids is 3. The maximum absolute atomic E-state index is 12.3. The number of esters is 1. The van der Waals surface area contributed by atoms with Crippen LogP contribution in [0.3, 0.4) is 0 Å². The Balaban J connectivity index is 1.51. The lowest BCUT2D eigenvalue weighted by molar-refractivity contribution is -0.136. The fourth-order valence-corrected chi connectivity index (χ4v) is 3.26. The normalized spacial score (nSPS) is 14.1. The van der Waals surface area contributed by atoms with Crippen LogP contribution < -0.4 is 5.73 Å². The van der Waals surface area contributed by atoms with Gasteiger partial charge in [-0.3, -0.25) is 9.59 Å². The lowest BCUT2D eigenvalue weighted by Gasteiger charge is -2.34. The highest BCUT2D eigenvalue weighted by Gasteiger charge is 2.27. The molecule has 28 heavy (non-hydrogen) atoms. The lowest BCUT2D eigenvalue weighted by Crippen LogP contribution is -2.51. The van der Waals surface area contributed by atoms with E-state index in [1.165, 1.54) is 23.3 Å². The number of anilines is 1. The summed E-state index contributed by atoms with van der Waals surface area (Å²) in [6, 6.07) is 5.97. The number of halogens is 2. The molecule has 2 aromatic rings. The van der Waals surface area contributed by atoms with E-state index in [4.69, 9.17) is 38.1 Å². The molecule has 0 spiro atoms. The highest BCUT2D eigenvalue weighted by molar-refractivity contribution is 6.37. The van der Waals surface area contributed by atoms with Crippen molar-refractivity contribution in [1.29, 1.82) is 0 Å². The molecule has 1 saturated heterocycles. The molecule has 0 atom stereocenters. The van der Waals surface area contributed by atoms with E-state index >= 15 is 0 Å². The number of amides is 2. The second-order valence-corrected chi connectivity index (χ2v) is 6.92. The number of hydrogen-bond donors (Lipinski definition) is 1. The van der Waals surface area contributed by atoms with Gasteiger partial charge in [-0.05, 0) is 24.3 Å². The summed E-state index contributed by atoms with van der Waals surface area (Å²) in [4.78, 5) is 39.8. The number of nitrogens with zero attached hydrogens (tertiary/aromatic N) is 2. The predicted molar refractivity (Wildman–Crippen MR) is 102 cm³/mol. The summed E-state index contributed by atoms with van der Waals surface area (Å²) in [6.07, 6.45) is 1.43. The number of piperazine rings is 1. The number of hydrogen-bond acceptors (Lipinski definition) is 6. The summed E-state index contributed by atoms with van der Waals surface area (Å²) in [7, 11) is 0. The summed E-state index contributed by atoms with van der Waals surface area (Å²) < 4.78 is 10.1. The molecule has 1 aromatic carbocycles. The molecule has 1 aromatic heterocycles. The highest BCUT2D eigenvalue weighted by atomic mass is 35.5. The second-order valence-electron chi connectivity index (χ2n) is 6.08. The van der Waals surface area contributed by atoms with E-state index in [-0.39, 0.29) is 38.9 Å². The van der Waals surface area contributed by atoms with Crippen molar-refractivity contribution < 1.29 is 23.5 Å². The third-order valence-corrected chi connectivity index (χ3v) is 4.82. The minimum Gasteiger partial charge on any atom is -0.459 e. The van der Waals surface area contributed by atoms with E-state index in [1.54, 1.807) is 17.0 Å². The van der Waals surface area contributed by atoms with Crippen LogP contribution in [0.15, 0.2) is 34.9 Å². The molecule has 2 heterocycles. The zero-order valence-electron chi connectivity index (χ0n) is 14.7. The molecule has 2 N–H and O–H groups in total. The fourth-order valence-electron chi connectivity index (χ4n) is 2.77. The summed E-state index contributed by atoms with van der Waals surface area (Å²) >= 11 is 11.8. The predicted octanol–water partition coefficient (Wildman–Crippen LogP) is 2.31. The molecule has 0 radical (unpaired) electrons. The van der Waals surface area contributed by atoms with E-state index in [9.17, 15) is 14.4 Å². The maximum Gasteiger partial charge on any atom is 0.340 e. The number of nitrogen functional groups attached to an aromatic ring is 1. The van der Waals surface area contributed by atoms with Crippen LogP contribution in [0.4, 0.5) is 5.69 Å². The summed E-state index contributed by atoms with van der Waals surface area (Å²) in [5.74, 6) is -1.13. The van der Waals surface area contributed by atoms with Gasteiger partial charge in [0.05, 0.1) is 22.5 Å². The van der Waals surface area contributed by atoms with Gasteiger partial charge in [0, 0.05) is 31.2 Å². The first-order chi connectivity index (χ1) is 13.4. The van der Waals surface area contributed by atoms with Gasteiger partial charge < -0.3 is 24.7 Å². The van der Waals surface area contributed by atoms with Gasteiger partial charge in [0.15, 0.2) is 12.4 Å². The van der Waals surface area contributed by atoms with E-state index in [1.807, 2.05) is 0 Å². The van der Waals surface area contributed by atoms with Gasteiger partial charge in [0.25, 0.3) is 11.8 Å². The average Bonchev–Trinajstić information content (AvgIpc) is 3.23. The molecule has 0 bridgehead atoms. The summed E-state index contributed by atoms with van der Waals surface area (Å²) in [5.41, 5.74) is 5.79. The number of furan rings is 1. The summed E-state index contributed by atoms with van der Waals surface area (Å²) in [6.45, 7) is 0.919. The van der Waals surface area contributed by atoms with Gasteiger partial charge in [-0.15, -0.1) is 0 Å². The van der Waals surface area contributed by atoms with E-state index < -0.39 is 12.6 Å². The molecule has 1 aliphatic rings. The quantitative estimate of drug-likeness (QED) is 0.594. The Bertz CT molecular complexity index is 893. The number of nitrogens with two attached hydrogens (primary N) is 1. The second kappa shape index (κ2) is 8.53. The van der Waals surface area contributed by atoms with Crippen molar-refractivity contribution in [3.8, 4) is 0 Å². The van der Waals surface area contributed by atoms with Gasteiger partial charge in [-0.1, -0.05) is 23.2 Å². The number of rotatable bonds is 4. The fraction of sp³-hybridized carbons (Fsp3) is 0.278. The Morgan fingerprint density at radius 2 is 1.79 bits per heavy atom. The largest absolute Gasteiger partial charge is 0.459 e. The van der Waals surface area contributed by atoms with Crippen molar-refractivity contribution in [3.63, 3.8) is 0 Å². The van der Waals surface area contributed by atoms with Gasteiger partial charge >= 0.3 is 5.97 Å². The molecule has 2 amide bonds. The molecule has 148 valence electrons. The first-order valence-electron chi connectivity index (χ1n) is 8.39. The van der Waals surface area contributed by atoms with Crippen molar-refractivity contribution in [3.05, 3.63) is 51.9 Å². The van der Waals surface area contributed by atoms with Crippen LogP contribution in [0.1, 0.15) is 20.9 Å². The van der Waals surface area contributed by atoms with Crippen molar-refractivity contribution in [2.45, 2.75) is 0 Å². The molecule has 1 aliphatic heterocycles. The standard InChI is InChI=1S/C18H17Cl2N3O5/c19-11-8-12(16(21)13(20)9-11)18(26)28-10-15(24)22-3-5-23(6-4-22)17(25)14-2-1-7-27-14/h1-2,7-9H,3-6,10,21H2. The molecule has 0 saturated carbocycles. The van der Waals surface area contributed by atoms with Crippen LogP contribution in [0, 0.1) is 0 Å². The van der Waals surface area contributed by atoms with Gasteiger partial charge in [-0.25, -0.2) is 4.79 Å². The zero-order chi connectivity index (χ0) is 20.3. The van der Waals surface area contributed by atoms with Crippen molar-refractivity contribution >= 4 is 46.7 Å². The molecular formula is C18H17Cl2N3O5. The molecular weight excluding hydrogens is 409 g/mol. The van der Waals surface area contributed by atoms with E-state index in [0.717, 1.165) is 0 Å². The Morgan fingerprint density at radius 3 is 2.43 bits per heavy atom. The maximum atomic E-state index is 12.3. The van der Waals surface area contributed by atoms with Crippen molar-refractivity contribution in [2.75, 3.05) is 38.5 Å². The molecule has 0 aliphatic carbocycles. The summed E-state index contributed by atoms with van der Waals surface area (Å²) in [5, 5.41) is 0.359. The van der Waals surface area contributed by atoms with Crippen LogP contribution in [-0.4, -0.2) is 60.4 Å². The zero-order valence-corrected chi connectivity index (χ0v) is 16.2. The Hall–Kier alpha value is -2.71. The van der Waals surface area contributed by atoms with E-state index in [0.29, 0.717) is 26.2 Å². The first-order valence-corrected chi connectivity index (χ1v) is 9.14. The molecule has 0 unspecified atom stereocenters. The molecule has 1 fully saturated rings. The third kappa shape index (κ3) is 4.40. The minimum atomic E-state index is -0.790. The Labute approximate surface area is 170 Å². The molecule has 10 heteroatoms. The SMILES string of the molecule is Nc1c(Cl)cc(Cl)cc1C(=O)OCC(=O)N1CCN(C(=O)c2ccco2)CC1. The van der Waals surface area contributed by atoms with Crippen LogP contribution in [0.5, 0.6) is 0 Å². The highest BCUT2D eigenvalue weighted by Crippen LogP contribution is 2.28. The number of benzene rings is 1. The van der Waals surface area contributed by atoms with Gasteiger partial charge in [-0.2, -0.15) is 0 Å². The van der Waals surface area contributed by atoms with Crippen LogP contribution in [-0.2, 0) is 9.53 Å². The van der Waals surface area contributed by atoms with Gasteiger partial charge in [0.1, 0.15) is 0 Å². The monoisotopic (exact) mass is 425 g/mol. The van der Waals surface area contributed by atoms with Crippen LogP contribution >= 0.6 is 23.2 Å². The molecule has 8 nitrogen and oxygen atoms in total. The van der Waals surface area contributed by atoms with Crippen LogP contribution in [0.2, 0.25) is 10.0 Å². The number of ether oxygens (including phenoxy) is 1. The van der Waals surface area contributed by atoms with Gasteiger partial charge in [0.2, 0.25) is 0 Å². The molecule has 3 rings (SSSR count). The lowest BCUT2D eigenvalue weighted by atomic mass is 10.2. The number of carbonyl (C=O) groups is 3. The first kappa shape index (κ1) is 20.0. The minimum absolute atomic E-state index is 0.000774. The van der Waals surface area contributed by atoms with Crippen molar-refractivity contribution in [1.82, 2.24) is 9.80 Å². The topological polar surface area (TPSA) is 106 Å². The third-order valence-electron chi connectivity index (χ3n) is 4.29. The van der Waals surface area contributed by atoms with Crippen LogP contribution in [0.25, 0.3) is 0 Å². The van der Waals surface area contributed by atoms with E-state index in [2.05, 4.69) is 0 Å². The smallest absolute Gasteiger partial charge is 0.340 e.